The van der Waals surface area contributed by atoms with E-state index in [1.54, 1.807) is 46.1 Å². The minimum atomic E-state index is -0.416. The van der Waals surface area contributed by atoms with Crippen molar-refractivity contribution in [2.24, 2.45) is 5.73 Å². The molecule has 26 heavy (non-hydrogen) atoms. The van der Waals surface area contributed by atoms with Crippen molar-refractivity contribution in [1.29, 1.82) is 0 Å². The fraction of sp³-hybridized carbons (Fsp3) is 0.389. The number of hydrogen-bond donors (Lipinski definition) is 1. The van der Waals surface area contributed by atoms with Crippen LogP contribution >= 0.6 is 11.6 Å². The smallest absolute Gasteiger partial charge is 0.260 e. The number of nitrogens with zero attached hydrogens (tertiary/aromatic N) is 3. The van der Waals surface area contributed by atoms with E-state index in [4.69, 9.17) is 22.1 Å². The van der Waals surface area contributed by atoms with Gasteiger partial charge in [-0.15, -0.1) is 0 Å². The second kappa shape index (κ2) is 8.23. The Bertz CT molecular complexity index is 792. The van der Waals surface area contributed by atoms with Gasteiger partial charge in [0.25, 0.3) is 5.91 Å². The number of para-hydroxylation sites is 1. The summed E-state index contributed by atoms with van der Waals surface area (Å²) in [5.41, 5.74) is 5.29. The molecule has 7 nitrogen and oxygen atoms in total. The van der Waals surface area contributed by atoms with Crippen LogP contribution < -0.4 is 10.5 Å². The lowest BCUT2D eigenvalue weighted by Gasteiger charge is -2.32. The Balaban J connectivity index is 1.61. The summed E-state index contributed by atoms with van der Waals surface area (Å²) in [5, 5.41) is 0.477. The van der Waals surface area contributed by atoms with Crippen molar-refractivity contribution in [1.82, 2.24) is 14.5 Å². The first-order chi connectivity index (χ1) is 12.5. The van der Waals surface area contributed by atoms with Crippen LogP contribution in [0.25, 0.3) is 0 Å². The quantitative estimate of drug-likeness (QED) is 0.832. The van der Waals surface area contributed by atoms with Gasteiger partial charge in [-0.05, 0) is 25.0 Å². The predicted molar refractivity (Wildman–Crippen MR) is 96.9 cm³/mol. The monoisotopic (exact) mass is 376 g/mol. The van der Waals surface area contributed by atoms with Crippen molar-refractivity contribution < 1.29 is 14.3 Å². The number of hydrogen-bond acceptors (Lipinski definition) is 4. The Labute approximate surface area is 156 Å². The highest BCUT2D eigenvalue weighted by Crippen LogP contribution is 2.27. The van der Waals surface area contributed by atoms with Crippen LogP contribution in [-0.2, 0) is 16.1 Å². The Morgan fingerprint density at radius 3 is 2.92 bits per heavy atom. The molecule has 0 radical (unpaired) electrons. The lowest BCUT2D eigenvalue weighted by Crippen LogP contribution is -2.42. The van der Waals surface area contributed by atoms with Crippen LogP contribution in [0.1, 0.15) is 24.6 Å². The van der Waals surface area contributed by atoms with Crippen LogP contribution in [0.4, 0.5) is 0 Å². The number of imidazole rings is 1. The van der Waals surface area contributed by atoms with Gasteiger partial charge in [0.05, 0.1) is 5.02 Å². The van der Waals surface area contributed by atoms with E-state index in [2.05, 4.69) is 4.98 Å². The Kier molecular flexibility index (Phi) is 5.78. The standard InChI is InChI=1S/C18H21ClN4O3/c19-14-5-1-2-6-15(14)26-12-17(25)22-8-3-4-13(10-22)18-21-7-9-23(18)11-16(20)24/h1-2,5-7,9,13H,3-4,8,10-12H2,(H2,20,24)/t13-/m0/s1. The number of piperidine rings is 1. The van der Waals surface area contributed by atoms with E-state index < -0.39 is 5.91 Å². The molecule has 138 valence electrons. The van der Waals surface area contributed by atoms with Crippen LogP contribution in [0.2, 0.25) is 5.02 Å². The number of carbonyl (C=O) groups excluding carboxylic acids is 2. The summed E-state index contributed by atoms with van der Waals surface area (Å²) >= 11 is 6.04. The zero-order valence-corrected chi connectivity index (χ0v) is 15.1. The predicted octanol–water partition coefficient (Wildman–Crippen LogP) is 1.81. The Morgan fingerprint density at radius 2 is 2.15 bits per heavy atom. The number of halogens is 1. The maximum atomic E-state index is 12.5. The largest absolute Gasteiger partial charge is 0.482 e. The van der Waals surface area contributed by atoms with Gasteiger partial charge in [0.1, 0.15) is 18.1 Å². The fourth-order valence-electron chi connectivity index (χ4n) is 3.19. The minimum absolute atomic E-state index is 0.0633. The lowest BCUT2D eigenvalue weighted by atomic mass is 9.97. The normalized spacial score (nSPS) is 17.1. The SMILES string of the molecule is NC(=O)Cn1ccnc1[C@H]1CCCN(C(=O)COc2ccccc2Cl)C1. The van der Waals surface area contributed by atoms with Gasteiger partial charge in [0.2, 0.25) is 5.91 Å². The molecule has 2 N–H and O–H groups in total. The summed E-state index contributed by atoms with van der Waals surface area (Å²) in [4.78, 5) is 29.9. The first-order valence-corrected chi connectivity index (χ1v) is 8.87. The van der Waals surface area contributed by atoms with Gasteiger partial charge in [0.15, 0.2) is 6.61 Å². The molecule has 1 saturated heterocycles. The molecule has 0 unspecified atom stereocenters. The molecule has 1 aromatic heterocycles. The van der Waals surface area contributed by atoms with E-state index in [0.717, 1.165) is 18.7 Å². The van der Waals surface area contributed by atoms with Gasteiger partial charge in [0, 0.05) is 31.4 Å². The highest BCUT2D eigenvalue weighted by Gasteiger charge is 2.27. The van der Waals surface area contributed by atoms with E-state index in [9.17, 15) is 9.59 Å². The van der Waals surface area contributed by atoms with Crippen LogP contribution in [-0.4, -0.2) is 46.0 Å². The average Bonchev–Trinajstić information content (AvgIpc) is 3.08. The number of aromatic nitrogens is 2. The maximum absolute atomic E-state index is 12.5. The molecule has 3 rings (SSSR count). The zero-order valence-electron chi connectivity index (χ0n) is 14.3. The van der Waals surface area contributed by atoms with E-state index in [-0.39, 0.29) is 25.0 Å². The molecule has 0 aliphatic carbocycles. The van der Waals surface area contributed by atoms with Gasteiger partial charge in [-0.25, -0.2) is 4.98 Å². The third kappa shape index (κ3) is 4.35. The van der Waals surface area contributed by atoms with Crippen molar-refractivity contribution >= 4 is 23.4 Å². The van der Waals surface area contributed by atoms with Gasteiger partial charge >= 0.3 is 0 Å². The van der Waals surface area contributed by atoms with Crippen LogP contribution in [0.5, 0.6) is 5.75 Å². The number of rotatable bonds is 6. The Morgan fingerprint density at radius 1 is 1.35 bits per heavy atom. The molecule has 1 aliphatic rings. The van der Waals surface area contributed by atoms with Crippen LogP contribution in [0.15, 0.2) is 36.7 Å². The third-order valence-electron chi connectivity index (χ3n) is 4.40. The summed E-state index contributed by atoms with van der Waals surface area (Å²) in [6.07, 6.45) is 5.16. The average molecular weight is 377 g/mol. The van der Waals surface area contributed by atoms with Crippen molar-refractivity contribution in [3.63, 3.8) is 0 Å². The highest BCUT2D eigenvalue weighted by atomic mass is 35.5. The minimum Gasteiger partial charge on any atom is -0.482 e. The third-order valence-corrected chi connectivity index (χ3v) is 4.71. The summed E-state index contributed by atoms with van der Waals surface area (Å²) in [5.74, 6) is 0.840. The molecule has 2 heterocycles. The molecule has 1 fully saturated rings. The van der Waals surface area contributed by atoms with Crippen LogP contribution in [0, 0.1) is 0 Å². The zero-order chi connectivity index (χ0) is 18.5. The molecule has 0 spiro atoms. The number of likely N-dealkylation sites (tertiary alicyclic amines) is 1. The molecule has 1 atom stereocenters. The fourth-order valence-corrected chi connectivity index (χ4v) is 3.38. The second-order valence-corrected chi connectivity index (χ2v) is 6.68. The highest BCUT2D eigenvalue weighted by molar-refractivity contribution is 6.32. The van der Waals surface area contributed by atoms with Gasteiger partial charge < -0.3 is 19.9 Å². The van der Waals surface area contributed by atoms with Gasteiger partial charge in [-0.3, -0.25) is 9.59 Å². The summed E-state index contributed by atoms with van der Waals surface area (Å²) in [7, 11) is 0. The molecular formula is C18H21ClN4O3. The lowest BCUT2D eigenvalue weighted by molar-refractivity contribution is -0.134. The number of benzene rings is 1. The first-order valence-electron chi connectivity index (χ1n) is 8.49. The molecule has 8 heteroatoms. The number of ether oxygens (including phenoxy) is 1. The summed E-state index contributed by atoms with van der Waals surface area (Å²) < 4.78 is 7.30. The summed E-state index contributed by atoms with van der Waals surface area (Å²) in [6.45, 7) is 1.25. The molecule has 2 aromatic rings. The number of primary amides is 1. The second-order valence-electron chi connectivity index (χ2n) is 6.28. The molecule has 0 bridgehead atoms. The molecule has 2 amide bonds. The van der Waals surface area contributed by atoms with Crippen molar-refractivity contribution in [2.45, 2.75) is 25.3 Å². The summed E-state index contributed by atoms with van der Waals surface area (Å²) in [6, 6.07) is 7.06. The molecule has 1 aromatic carbocycles. The van der Waals surface area contributed by atoms with E-state index in [1.165, 1.54) is 0 Å². The topological polar surface area (TPSA) is 90.5 Å². The molecule has 0 saturated carbocycles. The number of nitrogens with two attached hydrogens (primary N) is 1. The van der Waals surface area contributed by atoms with E-state index in [0.29, 0.717) is 23.9 Å². The van der Waals surface area contributed by atoms with Gasteiger partial charge in [-0.1, -0.05) is 23.7 Å². The van der Waals surface area contributed by atoms with Crippen molar-refractivity contribution in [3.05, 3.63) is 47.5 Å². The van der Waals surface area contributed by atoms with Crippen LogP contribution in [0.3, 0.4) is 0 Å². The van der Waals surface area contributed by atoms with Crippen molar-refractivity contribution in [3.8, 4) is 5.75 Å². The van der Waals surface area contributed by atoms with Crippen molar-refractivity contribution in [2.75, 3.05) is 19.7 Å². The maximum Gasteiger partial charge on any atom is 0.260 e. The van der Waals surface area contributed by atoms with E-state index in [1.807, 2.05) is 0 Å². The first kappa shape index (κ1) is 18.3. The Hall–Kier alpha value is -2.54. The number of carbonyl (C=O) groups is 2. The molecule has 1 aliphatic heterocycles. The van der Waals surface area contributed by atoms with E-state index >= 15 is 0 Å². The molecular weight excluding hydrogens is 356 g/mol. The van der Waals surface area contributed by atoms with Gasteiger partial charge in [-0.2, -0.15) is 0 Å². The number of amides is 2.